The zero-order valence-corrected chi connectivity index (χ0v) is 16.6. The zero-order chi connectivity index (χ0) is 23.3. The summed E-state index contributed by atoms with van der Waals surface area (Å²) in [6, 6.07) is 10.3. The SMILES string of the molecule is O=C(Nc1ccc(OC(F)(F)F)cc1)C1CCCN(C(=O)c2ccccc2OC(F)F)C1. The summed E-state index contributed by atoms with van der Waals surface area (Å²) < 4.78 is 70.1. The molecule has 11 heteroatoms. The summed E-state index contributed by atoms with van der Waals surface area (Å²) in [5, 5.41) is 2.60. The van der Waals surface area contributed by atoms with Crippen LogP contribution in [0.5, 0.6) is 11.5 Å². The lowest BCUT2D eigenvalue weighted by Gasteiger charge is -2.32. The fourth-order valence-corrected chi connectivity index (χ4v) is 3.37. The third kappa shape index (κ3) is 6.32. The molecule has 0 saturated carbocycles. The Morgan fingerprint density at radius 3 is 2.41 bits per heavy atom. The van der Waals surface area contributed by atoms with Crippen molar-refractivity contribution in [3.05, 3.63) is 54.1 Å². The first-order valence-electron chi connectivity index (χ1n) is 9.62. The fraction of sp³-hybridized carbons (Fsp3) is 0.333. The largest absolute Gasteiger partial charge is 0.573 e. The predicted molar refractivity (Wildman–Crippen MR) is 103 cm³/mol. The Balaban J connectivity index is 1.63. The van der Waals surface area contributed by atoms with Crippen LogP contribution in [0, 0.1) is 5.92 Å². The van der Waals surface area contributed by atoms with Gasteiger partial charge in [-0.25, -0.2) is 0 Å². The Morgan fingerprint density at radius 1 is 1.06 bits per heavy atom. The van der Waals surface area contributed by atoms with Crippen molar-refractivity contribution in [1.82, 2.24) is 4.90 Å². The van der Waals surface area contributed by atoms with Gasteiger partial charge in [-0.05, 0) is 49.2 Å². The van der Waals surface area contributed by atoms with Crippen molar-refractivity contribution in [2.75, 3.05) is 18.4 Å². The number of likely N-dealkylation sites (tertiary alicyclic amines) is 1. The minimum Gasteiger partial charge on any atom is -0.434 e. The molecule has 2 aromatic rings. The Morgan fingerprint density at radius 2 is 1.75 bits per heavy atom. The number of piperidine rings is 1. The first-order valence-corrected chi connectivity index (χ1v) is 9.62. The average molecular weight is 458 g/mol. The Kier molecular flexibility index (Phi) is 7.16. The maximum Gasteiger partial charge on any atom is 0.573 e. The van der Waals surface area contributed by atoms with Crippen LogP contribution in [0.25, 0.3) is 0 Å². The number of para-hydroxylation sites is 1. The van der Waals surface area contributed by atoms with Gasteiger partial charge in [0, 0.05) is 18.8 Å². The van der Waals surface area contributed by atoms with Crippen LogP contribution < -0.4 is 14.8 Å². The molecule has 1 aliphatic rings. The van der Waals surface area contributed by atoms with Gasteiger partial charge in [0.2, 0.25) is 5.91 Å². The van der Waals surface area contributed by atoms with Crippen molar-refractivity contribution in [3.8, 4) is 11.5 Å². The molecule has 2 aromatic carbocycles. The third-order valence-electron chi connectivity index (χ3n) is 4.77. The summed E-state index contributed by atoms with van der Waals surface area (Å²) in [4.78, 5) is 26.8. The van der Waals surface area contributed by atoms with E-state index in [0.717, 1.165) is 12.1 Å². The van der Waals surface area contributed by atoms with E-state index in [4.69, 9.17) is 0 Å². The second kappa shape index (κ2) is 9.84. The van der Waals surface area contributed by atoms with E-state index >= 15 is 0 Å². The molecule has 1 heterocycles. The maximum atomic E-state index is 12.8. The van der Waals surface area contributed by atoms with Gasteiger partial charge in [-0.15, -0.1) is 13.2 Å². The predicted octanol–water partition coefficient (Wildman–Crippen LogP) is 4.68. The Bertz CT molecular complexity index is 950. The van der Waals surface area contributed by atoms with Crippen molar-refractivity contribution < 1.29 is 41.0 Å². The number of anilines is 1. The van der Waals surface area contributed by atoms with Gasteiger partial charge in [0.15, 0.2) is 0 Å². The van der Waals surface area contributed by atoms with Gasteiger partial charge in [-0.1, -0.05) is 12.1 Å². The molecule has 1 fully saturated rings. The second-order valence-corrected chi connectivity index (χ2v) is 7.03. The van der Waals surface area contributed by atoms with Crippen molar-refractivity contribution in [3.63, 3.8) is 0 Å². The molecule has 6 nitrogen and oxygen atoms in total. The number of nitrogens with zero attached hydrogens (tertiary/aromatic N) is 1. The highest BCUT2D eigenvalue weighted by molar-refractivity contribution is 5.98. The zero-order valence-electron chi connectivity index (χ0n) is 16.6. The second-order valence-electron chi connectivity index (χ2n) is 7.03. The lowest BCUT2D eigenvalue weighted by atomic mass is 9.96. The van der Waals surface area contributed by atoms with Gasteiger partial charge >= 0.3 is 13.0 Å². The number of rotatable bonds is 6. The molecular weight excluding hydrogens is 439 g/mol. The summed E-state index contributed by atoms with van der Waals surface area (Å²) in [5.74, 6) is -2.20. The topological polar surface area (TPSA) is 67.9 Å². The smallest absolute Gasteiger partial charge is 0.434 e. The molecule has 1 N–H and O–H groups in total. The van der Waals surface area contributed by atoms with Crippen LogP contribution in [-0.4, -0.2) is 42.8 Å². The minimum absolute atomic E-state index is 0.0332. The van der Waals surface area contributed by atoms with Crippen LogP contribution in [-0.2, 0) is 4.79 Å². The summed E-state index contributed by atoms with van der Waals surface area (Å²) in [5.41, 5.74) is 0.234. The van der Waals surface area contributed by atoms with Gasteiger partial charge in [0.1, 0.15) is 11.5 Å². The van der Waals surface area contributed by atoms with Crippen molar-refractivity contribution in [2.45, 2.75) is 25.8 Å². The Hall–Kier alpha value is -3.37. The van der Waals surface area contributed by atoms with E-state index < -0.39 is 36.5 Å². The van der Waals surface area contributed by atoms with Crippen molar-refractivity contribution >= 4 is 17.5 Å². The molecule has 0 radical (unpaired) electrons. The molecule has 1 unspecified atom stereocenters. The van der Waals surface area contributed by atoms with Crippen LogP contribution in [0.2, 0.25) is 0 Å². The fourth-order valence-electron chi connectivity index (χ4n) is 3.37. The molecule has 0 aliphatic carbocycles. The Labute approximate surface area is 179 Å². The molecule has 0 spiro atoms. The molecule has 172 valence electrons. The number of alkyl halides is 5. The van der Waals surface area contributed by atoms with Gasteiger partial charge in [0.05, 0.1) is 11.5 Å². The molecular formula is C21H19F5N2O4. The number of ether oxygens (including phenoxy) is 2. The number of nitrogens with one attached hydrogen (secondary N) is 1. The van der Waals surface area contributed by atoms with Crippen LogP contribution in [0.4, 0.5) is 27.6 Å². The number of carbonyl (C=O) groups is 2. The molecule has 1 atom stereocenters. The quantitative estimate of drug-likeness (QED) is 0.639. The summed E-state index contributed by atoms with van der Waals surface area (Å²) in [7, 11) is 0. The van der Waals surface area contributed by atoms with E-state index in [1.54, 1.807) is 0 Å². The number of amides is 2. The van der Waals surface area contributed by atoms with Crippen molar-refractivity contribution in [2.24, 2.45) is 5.92 Å². The normalized spacial score (nSPS) is 16.6. The lowest BCUT2D eigenvalue weighted by Crippen LogP contribution is -2.43. The minimum atomic E-state index is -4.82. The maximum absolute atomic E-state index is 12.8. The molecule has 1 saturated heterocycles. The van der Waals surface area contributed by atoms with E-state index in [-0.39, 0.29) is 23.5 Å². The van der Waals surface area contributed by atoms with E-state index in [1.165, 1.54) is 41.3 Å². The molecule has 0 bridgehead atoms. The van der Waals surface area contributed by atoms with E-state index in [1.807, 2.05) is 0 Å². The highest BCUT2D eigenvalue weighted by Crippen LogP contribution is 2.27. The molecule has 1 aliphatic heterocycles. The number of halogens is 5. The van der Waals surface area contributed by atoms with Gasteiger partial charge in [0.25, 0.3) is 5.91 Å². The van der Waals surface area contributed by atoms with Crippen LogP contribution in [0.15, 0.2) is 48.5 Å². The molecule has 32 heavy (non-hydrogen) atoms. The number of benzene rings is 2. The van der Waals surface area contributed by atoms with E-state index in [2.05, 4.69) is 14.8 Å². The lowest BCUT2D eigenvalue weighted by molar-refractivity contribution is -0.274. The van der Waals surface area contributed by atoms with Gasteiger partial charge < -0.3 is 19.7 Å². The van der Waals surface area contributed by atoms with Gasteiger partial charge in [-0.3, -0.25) is 9.59 Å². The summed E-state index contributed by atoms with van der Waals surface area (Å²) in [6.45, 7) is -2.69. The standard InChI is InChI=1S/C21H19F5N2O4/c22-20(23)31-17-6-2-1-5-16(17)19(30)28-11-3-4-13(12-28)18(29)27-14-7-9-15(10-8-14)32-21(24,25)26/h1-2,5-10,13,20H,3-4,11-12H2,(H,27,29). The molecule has 0 aromatic heterocycles. The van der Waals surface area contributed by atoms with Crippen LogP contribution in [0.3, 0.4) is 0 Å². The monoisotopic (exact) mass is 458 g/mol. The number of carbonyl (C=O) groups excluding carboxylic acids is 2. The summed E-state index contributed by atoms with van der Waals surface area (Å²) >= 11 is 0. The highest BCUT2D eigenvalue weighted by atomic mass is 19.4. The summed E-state index contributed by atoms with van der Waals surface area (Å²) in [6.07, 6.45) is -3.82. The number of hydrogen-bond donors (Lipinski definition) is 1. The van der Waals surface area contributed by atoms with E-state index in [9.17, 15) is 31.5 Å². The van der Waals surface area contributed by atoms with Crippen molar-refractivity contribution in [1.29, 1.82) is 0 Å². The van der Waals surface area contributed by atoms with Gasteiger partial charge in [-0.2, -0.15) is 8.78 Å². The number of hydrogen-bond acceptors (Lipinski definition) is 4. The third-order valence-corrected chi connectivity index (χ3v) is 4.77. The molecule has 2 amide bonds. The van der Waals surface area contributed by atoms with Crippen LogP contribution >= 0.6 is 0 Å². The first kappa shape index (κ1) is 23.3. The first-order chi connectivity index (χ1) is 15.1. The van der Waals surface area contributed by atoms with Crippen LogP contribution in [0.1, 0.15) is 23.2 Å². The average Bonchev–Trinajstić information content (AvgIpc) is 2.74. The van der Waals surface area contributed by atoms with E-state index in [0.29, 0.717) is 19.4 Å². The molecule has 3 rings (SSSR count). The highest BCUT2D eigenvalue weighted by Gasteiger charge is 2.32.